The SMILES string of the molecule is CCCO.O=S(=O)(O)O.[KH]. The second kappa shape index (κ2) is 10.5. The van der Waals surface area contributed by atoms with E-state index >= 15 is 0 Å². The number of hydrogen-bond donors (Lipinski definition) is 3. The molecule has 0 aliphatic heterocycles. The molecule has 7 heteroatoms. The Morgan fingerprint density at radius 1 is 1.30 bits per heavy atom. The fraction of sp³-hybridized carbons (Fsp3) is 1.00. The summed E-state index contributed by atoms with van der Waals surface area (Å²) in [5, 5.41) is 7.88. The molecular formula is C3H11KO5S. The molecule has 0 saturated heterocycles. The predicted octanol–water partition coefficient (Wildman–Crippen LogP) is -0.913. The number of rotatable bonds is 1. The standard InChI is InChI=1S/C3H8O.K.H2O4S.H/c1-2-3-4;;1-5(2,3)4;/h4H,2-3H2,1H3;;(H2,1,2,3,4);. The number of aliphatic hydroxyl groups is 1. The normalized spacial score (nSPS) is 8.80. The topological polar surface area (TPSA) is 94.8 Å². The van der Waals surface area contributed by atoms with E-state index in [1.54, 1.807) is 0 Å². The van der Waals surface area contributed by atoms with Crippen molar-refractivity contribution in [3.05, 3.63) is 0 Å². The molecule has 0 heterocycles. The second-order valence-corrected chi connectivity index (χ2v) is 2.07. The van der Waals surface area contributed by atoms with Gasteiger partial charge < -0.3 is 5.11 Å². The van der Waals surface area contributed by atoms with E-state index in [0.717, 1.165) is 6.42 Å². The van der Waals surface area contributed by atoms with Gasteiger partial charge in [0.15, 0.2) is 0 Å². The molecule has 0 rings (SSSR count). The van der Waals surface area contributed by atoms with Crippen molar-refractivity contribution in [2.24, 2.45) is 0 Å². The summed E-state index contributed by atoms with van der Waals surface area (Å²) < 4.78 is 31.6. The Bertz CT molecular complexity index is 120. The van der Waals surface area contributed by atoms with Crippen LogP contribution in [0.4, 0.5) is 0 Å². The molecule has 3 N–H and O–H groups in total. The summed E-state index contributed by atoms with van der Waals surface area (Å²) in [4.78, 5) is 0. The third-order valence-corrected chi connectivity index (χ3v) is 0.224. The van der Waals surface area contributed by atoms with Crippen LogP contribution in [0.2, 0.25) is 0 Å². The second-order valence-electron chi connectivity index (χ2n) is 1.17. The van der Waals surface area contributed by atoms with Crippen LogP contribution in [0.25, 0.3) is 0 Å². The Morgan fingerprint density at radius 2 is 1.40 bits per heavy atom. The van der Waals surface area contributed by atoms with E-state index in [0.29, 0.717) is 6.61 Å². The van der Waals surface area contributed by atoms with Gasteiger partial charge in [0.1, 0.15) is 0 Å². The van der Waals surface area contributed by atoms with Gasteiger partial charge in [0.25, 0.3) is 0 Å². The molecule has 0 amide bonds. The van der Waals surface area contributed by atoms with Crippen molar-refractivity contribution in [3.8, 4) is 0 Å². The minimum atomic E-state index is -4.67. The van der Waals surface area contributed by atoms with Crippen LogP contribution < -0.4 is 0 Å². The Hall–Kier alpha value is 1.47. The molecule has 10 heavy (non-hydrogen) atoms. The van der Waals surface area contributed by atoms with Crippen LogP contribution in [0.1, 0.15) is 13.3 Å². The van der Waals surface area contributed by atoms with Crippen molar-refractivity contribution < 1.29 is 22.6 Å². The van der Waals surface area contributed by atoms with Crippen molar-refractivity contribution in [1.29, 1.82) is 0 Å². The predicted molar refractivity (Wildman–Crippen MR) is 38.7 cm³/mol. The zero-order valence-corrected chi connectivity index (χ0v) is 5.80. The van der Waals surface area contributed by atoms with Gasteiger partial charge in [0.2, 0.25) is 0 Å². The van der Waals surface area contributed by atoms with Crippen molar-refractivity contribution in [1.82, 2.24) is 0 Å². The summed E-state index contributed by atoms with van der Waals surface area (Å²) in [5.41, 5.74) is 0. The van der Waals surface area contributed by atoms with Crippen LogP contribution in [0.5, 0.6) is 0 Å². The summed E-state index contributed by atoms with van der Waals surface area (Å²) in [6.07, 6.45) is 0.875. The zero-order valence-electron chi connectivity index (χ0n) is 4.98. The molecule has 0 aromatic heterocycles. The Balaban J connectivity index is -0.0000000910. The molecule has 0 saturated carbocycles. The van der Waals surface area contributed by atoms with Gasteiger partial charge in [-0.2, -0.15) is 8.42 Å². The summed E-state index contributed by atoms with van der Waals surface area (Å²) in [5.74, 6) is 0. The van der Waals surface area contributed by atoms with Gasteiger partial charge in [0, 0.05) is 6.61 Å². The van der Waals surface area contributed by atoms with Crippen molar-refractivity contribution in [2.75, 3.05) is 6.61 Å². The maximum absolute atomic E-state index is 8.74. The molecule has 60 valence electrons. The summed E-state index contributed by atoms with van der Waals surface area (Å²) in [7, 11) is -4.67. The van der Waals surface area contributed by atoms with Crippen molar-refractivity contribution in [2.45, 2.75) is 13.3 Å². The van der Waals surface area contributed by atoms with Crippen LogP contribution in [0.3, 0.4) is 0 Å². The first-order chi connectivity index (χ1) is 3.91. The van der Waals surface area contributed by atoms with Crippen molar-refractivity contribution in [3.63, 3.8) is 0 Å². The molecule has 0 spiro atoms. The molecule has 0 unspecified atom stereocenters. The molecule has 0 radical (unpaired) electrons. The molecule has 0 aliphatic carbocycles. The van der Waals surface area contributed by atoms with E-state index in [1.165, 1.54) is 0 Å². The van der Waals surface area contributed by atoms with Crippen LogP contribution >= 0.6 is 0 Å². The van der Waals surface area contributed by atoms with E-state index < -0.39 is 10.4 Å². The third kappa shape index (κ3) is 112. The monoisotopic (exact) mass is 198 g/mol. The Kier molecular flexibility index (Phi) is 18.3. The first-order valence-electron chi connectivity index (χ1n) is 2.22. The van der Waals surface area contributed by atoms with Gasteiger partial charge >= 0.3 is 61.8 Å². The average Bonchev–Trinajstić information content (AvgIpc) is 1.61. The first kappa shape index (κ1) is 17.5. The molecule has 0 aromatic carbocycles. The average molecular weight is 198 g/mol. The fourth-order valence-corrected chi connectivity index (χ4v) is 0. The van der Waals surface area contributed by atoms with Crippen LogP contribution in [-0.4, -0.2) is 80.6 Å². The van der Waals surface area contributed by atoms with E-state index in [4.69, 9.17) is 22.6 Å². The van der Waals surface area contributed by atoms with Crippen LogP contribution in [0.15, 0.2) is 0 Å². The van der Waals surface area contributed by atoms with E-state index in [-0.39, 0.29) is 51.4 Å². The fourth-order valence-electron chi connectivity index (χ4n) is 0. The molecule has 0 aliphatic rings. The molecule has 0 fully saturated rings. The maximum atomic E-state index is 8.74. The van der Waals surface area contributed by atoms with Crippen molar-refractivity contribution >= 4 is 61.8 Å². The first-order valence-corrected chi connectivity index (χ1v) is 3.62. The zero-order chi connectivity index (χ0) is 7.91. The molecule has 0 bridgehead atoms. The number of hydrogen-bond acceptors (Lipinski definition) is 3. The Labute approximate surface area is 103 Å². The van der Waals surface area contributed by atoms with Gasteiger partial charge in [0.05, 0.1) is 0 Å². The van der Waals surface area contributed by atoms with E-state index in [2.05, 4.69) is 0 Å². The van der Waals surface area contributed by atoms with Gasteiger partial charge in [-0.3, -0.25) is 9.11 Å². The van der Waals surface area contributed by atoms with E-state index in [1.807, 2.05) is 6.92 Å². The van der Waals surface area contributed by atoms with Gasteiger partial charge in [-0.15, -0.1) is 0 Å². The number of aliphatic hydroxyl groups excluding tert-OH is 1. The van der Waals surface area contributed by atoms with Crippen LogP contribution in [-0.2, 0) is 10.4 Å². The molecule has 0 aromatic rings. The van der Waals surface area contributed by atoms with Gasteiger partial charge in [-0.25, -0.2) is 0 Å². The van der Waals surface area contributed by atoms with Gasteiger partial charge in [-0.05, 0) is 6.42 Å². The van der Waals surface area contributed by atoms with E-state index in [9.17, 15) is 0 Å². The Morgan fingerprint density at radius 3 is 1.40 bits per heavy atom. The molecule has 5 nitrogen and oxygen atoms in total. The summed E-state index contributed by atoms with van der Waals surface area (Å²) in [6, 6.07) is 0. The summed E-state index contributed by atoms with van der Waals surface area (Å²) >= 11 is 0. The summed E-state index contributed by atoms with van der Waals surface area (Å²) in [6.45, 7) is 2.25. The minimum absolute atomic E-state index is 0. The van der Waals surface area contributed by atoms with Gasteiger partial charge in [-0.1, -0.05) is 6.92 Å². The molecular weight excluding hydrogens is 187 g/mol. The quantitative estimate of drug-likeness (QED) is 0.374. The molecule has 0 atom stereocenters. The third-order valence-electron chi connectivity index (χ3n) is 0.224. The van der Waals surface area contributed by atoms with Crippen LogP contribution in [0, 0.1) is 0 Å².